The Kier molecular flexibility index (Phi) is 9.49. The highest BCUT2D eigenvalue weighted by Gasteiger charge is 2.49. The molecule has 38 heavy (non-hydrogen) atoms. The van der Waals surface area contributed by atoms with E-state index in [1.165, 1.54) is 12.8 Å². The molecule has 1 aromatic carbocycles. The molecule has 208 valence electrons. The second kappa shape index (κ2) is 12.3. The van der Waals surface area contributed by atoms with Gasteiger partial charge in [-0.15, -0.1) is 0 Å². The van der Waals surface area contributed by atoms with Gasteiger partial charge in [-0.2, -0.15) is 4.98 Å². The Bertz CT molecular complexity index is 1140. The average Bonchev–Trinajstić information content (AvgIpc) is 2.84. The lowest BCUT2D eigenvalue weighted by Crippen LogP contribution is -2.58. The van der Waals surface area contributed by atoms with Crippen molar-refractivity contribution in [1.82, 2.24) is 14.9 Å². The minimum atomic E-state index is -0.657. The maximum Gasteiger partial charge on any atom is 0.309 e. The van der Waals surface area contributed by atoms with E-state index in [2.05, 4.69) is 36.0 Å². The summed E-state index contributed by atoms with van der Waals surface area (Å²) in [5.41, 5.74) is 0.417. The van der Waals surface area contributed by atoms with Crippen molar-refractivity contribution >= 4 is 56.9 Å². The third-order valence-electron chi connectivity index (χ3n) is 8.27. The molecule has 3 heterocycles. The molecular weight excluding hydrogens is 589 g/mol. The summed E-state index contributed by atoms with van der Waals surface area (Å²) in [6, 6.07) is 5.88. The van der Waals surface area contributed by atoms with Crippen LogP contribution in [-0.4, -0.2) is 58.2 Å². The Morgan fingerprint density at radius 1 is 1.21 bits per heavy atom. The zero-order chi connectivity index (χ0) is 27.6. The molecule has 3 fully saturated rings. The number of aliphatic carboxylic acids is 1. The van der Waals surface area contributed by atoms with Crippen LogP contribution in [0.4, 0.5) is 11.8 Å². The van der Waals surface area contributed by atoms with Gasteiger partial charge in [0, 0.05) is 41.9 Å². The molecule has 0 amide bonds. The number of aromatic nitrogens is 2. The van der Waals surface area contributed by atoms with E-state index in [0.29, 0.717) is 27.9 Å². The normalized spacial score (nSPS) is 26.4. The van der Waals surface area contributed by atoms with E-state index in [1.54, 1.807) is 12.3 Å². The van der Waals surface area contributed by atoms with Crippen LogP contribution in [0, 0.1) is 17.3 Å². The smallest absolute Gasteiger partial charge is 0.309 e. The quantitative estimate of drug-likeness (QED) is 0.338. The first-order chi connectivity index (χ1) is 18.1. The molecule has 2 aromatic rings. The van der Waals surface area contributed by atoms with Gasteiger partial charge in [0.1, 0.15) is 5.82 Å². The number of benzene rings is 1. The summed E-state index contributed by atoms with van der Waals surface area (Å²) in [6.07, 6.45) is 5.77. The largest absolute Gasteiger partial charge is 0.481 e. The van der Waals surface area contributed by atoms with Crippen LogP contribution in [0.3, 0.4) is 0 Å². The van der Waals surface area contributed by atoms with E-state index < -0.39 is 11.4 Å². The van der Waals surface area contributed by atoms with Crippen molar-refractivity contribution in [3.05, 3.63) is 44.5 Å². The fraction of sp³-hybridized carbons (Fsp3) is 0.607. The van der Waals surface area contributed by atoms with Gasteiger partial charge in [-0.05, 0) is 91.5 Å². The molecule has 1 saturated carbocycles. The van der Waals surface area contributed by atoms with Crippen LogP contribution in [0.2, 0.25) is 10.0 Å². The Labute approximate surface area is 244 Å². The number of piperidine rings is 1. The fourth-order valence-electron chi connectivity index (χ4n) is 5.89. The number of hydrogen-bond donors (Lipinski definition) is 2. The summed E-state index contributed by atoms with van der Waals surface area (Å²) >= 11 is 16.0. The fourth-order valence-corrected chi connectivity index (χ4v) is 6.77. The second-order valence-corrected chi connectivity index (χ2v) is 12.6. The molecule has 2 saturated heterocycles. The van der Waals surface area contributed by atoms with Gasteiger partial charge in [-0.1, -0.05) is 43.1 Å². The Balaban J connectivity index is 0.00000164. The maximum atomic E-state index is 11.5. The van der Waals surface area contributed by atoms with Crippen molar-refractivity contribution in [2.45, 2.75) is 65.5 Å². The van der Waals surface area contributed by atoms with E-state index in [-0.39, 0.29) is 6.04 Å². The number of nitrogens with zero attached hydrogens (tertiary/aromatic N) is 4. The van der Waals surface area contributed by atoms with Crippen LogP contribution in [0.5, 0.6) is 0 Å². The number of nitrogens with one attached hydrogen (secondary N) is 1. The molecule has 5 rings (SSSR count). The molecule has 10 heteroatoms. The highest BCUT2D eigenvalue weighted by Crippen LogP contribution is 2.45. The molecule has 7 nitrogen and oxygen atoms in total. The van der Waals surface area contributed by atoms with Gasteiger partial charge < -0.3 is 20.2 Å². The molecule has 0 spiro atoms. The zero-order valence-electron chi connectivity index (χ0n) is 22.6. The number of likely N-dealkylation sites (tertiary alicyclic amines) is 1. The van der Waals surface area contributed by atoms with Gasteiger partial charge in [-0.25, -0.2) is 4.98 Å². The summed E-state index contributed by atoms with van der Waals surface area (Å²) < 4.78 is 0.803. The standard InChI is InChI=1S/C26H32BrCl2N5O2.C2H6/c1-15(20-6-5-18(28)8-22(20)29)31-23-21(27)11-30-25(32-23)34-13-17(14-34)16-4-3-7-33(12-16)19-9-26(2,10-19)24(35)36;1-2/h5-6,8,11,15-17,19H,3-4,7,9-10,12-14H2,1-2H3,(H,35,36)(H,30,31,32);1-2H3. The van der Waals surface area contributed by atoms with E-state index in [4.69, 9.17) is 28.2 Å². The number of carbonyl (C=O) groups is 1. The van der Waals surface area contributed by atoms with Gasteiger partial charge in [0.05, 0.1) is 15.9 Å². The second-order valence-electron chi connectivity index (χ2n) is 10.9. The van der Waals surface area contributed by atoms with E-state index >= 15 is 0 Å². The number of rotatable bonds is 7. The van der Waals surface area contributed by atoms with Crippen LogP contribution >= 0.6 is 39.1 Å². The first-order valence-corrected chi connectivity index (χ1v) is 15.1. The van der Waals surface area contributed by atoms with E-state index in [0.717, 1.165) is 60.8 Å². The number of carboxylic acid groups (broad SMARTS) is 1. The monoisotopic (exact) mass is 625 g/mol. The molecule has 1 aromatic heterocycles. The van der Waals surface area contributed by atoms with Crippen LogP contribution in [0.1, 0.15) is 65.0 Å². The van der Waals surface area contributed by atoms with Gasteiger partial charge in [-0.3, -0.25) is 4.79 Å². The first-order valence-electron chi connectivity index (χ1n) is 13.6. The molecule has 2 N–H and O–H groups in total. The predicted octanol–water partition coefficient (Wildman–Crippen LogP) is 7.15. The molecule has 2 atom stereocenters. The van der Waals surface area contributed by atoms with Crippen molar-refractivity contribution in [3.63, 3.8) is 0 Å². The zero-order valence-corrected chi connectivity index (χ0v) is 25.7. The summed E-state index contributed by atoms with van der Waals surface area (Å²) in [5, 5.41) is 14.1. The highest BCUT2D eigenvalue weighted by molar-refractivity contribution is 9.10. The van der Waals surface area contributed by atoms with Crippen molar-refractivity contribution in [1.29, 1.82) is 0 Å². The van der Waals surface area contributed by atoms with Crippen LogP contribution in [-0.2, 0) is 4.79 Å². The Morgan fingerprint density at radius 3 is 2.58 bits per heavy atom. The van der Waals surface area contributed by atoms with Crippen molar-refractivity contribution in [3.8, 4) is 0 Å². The molecular formula is C28H38BrCl2N5O2. The van der Waals surface area contributed by atoms with Gasteiger partial charge >= 0.3 is 5.97 Å². The Hall–Kier alpha value is -1.61. The topological polar surface area (TPSA) is 81.6 Å². The first kappa shape index (κ1) is 29.4. The molecule has 0 bridgehead atoms. The molecule has 2 aliphatic heterocycles. The maximum absolute atomic E-state index is 11.5. The van der Waals surface area contributed by atoms with Crippen LogP contribution in [0.15, 0.2) is 28.9 Å². The Morgan fingerprint density at radius 2 is 1.92 bits per heavy atom. The van der Waals surface area contributed by atoms with Gasteiger partial charge in [0.2, 0.25) is 5.95 Å². The van der Waals surface area contributed by atoms with Crippen molar-refractivity contribution < 1.29 is 9.90 Å². The number of carboxylic acids is 1. The predicted molar refractivity (Wildman–Crippen MR) is 158 cm³/mol. The molecule has 3 aliphatic rings. The number of anilines is 2. The van der Waals surface area contributed by atoms with Crippen molar-refractivity contribution in [2.24, 2.45) is 17.3 Å². The van der Waals surface area contributed by atoms with E-state index in [1.807, 2.05) is 39.8 Å². The summed E-state index contributed by atoms with van der Waals surface area (Å²) in [6.45, 7) is 12.0. The minimum absolute atomic E-state index is 0.0549. The molecule has 0 radical (unpaired) electrons. The lowest BCUT2D eigenvalue weighted by atomic mass is 9.65. The van der Waals surface area contributed by atoms with Gasteiger partial charge in [0.25, 0.3) is 0 Å². The third kappa shape index (κ3) is 6.24. The van der Waals surface area contributed by atoms with Crippen LogP contribution < -0.4 is 10.2 Å². The van der Waals surface area contributed by atoms with Crippen LogP contribution in [0.25, 0.3) is 0 Å². The average molecular weight is 627 g/mol. The SMILES string of the molecule is CC.CC(Nc1nc(N2CC(C3CCCN(C4CC(C)(C(=O)O)C4)C3)C2)ncc1Br)c1ccc(Cl)cc1Cl. The minimum Gasteiger partial charge on any atom is -0.481 e. The van der Waals surface area contributed by atoms with E-state index in [9.17, 15) is 9.90 Å². The third-order valence-corrected chi connectivity index (χ3v) is 9.41. The summed E-state index contributed by atoms with van der Waals surface area (Å²) in [5.74, 6) is 2.07. The molecule has 2 unspecified atom stereocenters. The summed E-state index contributed by atoms with van der Waals surface area (Å²) in [7, 11) is 0. The molecule has 1 aliphatic carbocycles. The number of hydrogen-bond acceptors (Lipinski definition) is 6. The highest BCUT2D eigenvalue weighted by atomic mass is 79.9. The van der Waals surface area contributed by atoms with Gasteiger partial charge in [0.15, 0.2) is 0 Å². The number of halogens is 3. The van der Waals surface area contributed by atoms with Crippen molar-refractivity contribution in [2.75, 3.05) is 36.4 Å². The summed E-state index contributed by atoms with van der Waals surface area (Å²) in [4.78, 5) is 25.6. The lowest BCUT2D eigenvalue weighted by Gasteiger charge is -2.52. The lowest BCUT2D eigenvalue weighted by molar-refractivity contribution is -0.158.